The van der Waals surface area contributed by atoms with Crippen LogP contribution in [0, 0.1) is 17.8 Å². The van der Waals surface area contributed by atoms with E-state index in [1.807, 2.05) is 0 Å². The van der Waals surface area contributed by atoms with Crippen molar-refractivity contribution in [2.75, 3.05) is 6.66 Å². The lowest BCUT2D eigenvalue weighted by Gasteiger charge is -2.40. The standard InChI is InChI=1S/C11H22ClPS/c1-8(2)10-6-5-9(3)7-11(10)13(4,12)14/h8-11H,5-7H2,1-4H3. The Hall–Kier alpha value is 0.940. The molecule has 4 atom stereocenters. The van der Waals surface area contributed by atoms with Crippen molar-refractivity contribution in [3.8, 4) is 0 Å². The van der Waals surface area contributed by atoms with Crippen molar-refractivity contribution in [3.05, 3.63) is 0 Å². The molecule has 0 amide bonds. The summed E-state index contributed by atoms with van der Waals surface area (Å²) in [5.74, 6) is 2.35. The van der Waals surface area contributed by atoms with Crippen molar-refractivity contribution in [3.63, 3.8) is 0 Å². The summed E-state index contributed by atoms with van der Waals surface area (Å²) in [5.41, 5.74) is 0.628. The minimum atomic E-state index is -1.58. The van der Waals surface area contributed by atoms with Crippen LogP contribution in [0.25, 0.3) is 0 Å². The molecule has 1 aliphatic carbocycles. The minimum Gasteiger partial charge on any atom is -0.0856 e. The molecule has 0 bridgehead atoms. The van der Waals surface area contributed by atoms with Crippen molar-refractivity contribution in [1.82, 2.24) is 0 Å². The maximum atomic E-state index is 6.44. The number of halogens is 1. The van der Waals surface area contributed by atoms with E-state index in [0.29, 0.717) is 5.66 Å². The number of hydrogen-bond acceptors (Lipinski definition) is 1. The second-order valence-corrected chi connectivity index (χ2v) is 12.7. The second-order valence-electron chi connectivity index (χ2n) is 5.28. The highest BCUT2D eigenvalue weighted by atomic mass is 35.7. The maximum Gasteiger partial charge on any atom is 0.0391 e. The van der Waals surface area contributed by atoms with Crippen molar-refractivity contribution in [1.29, 1.82) is 0 Å². The molecule has 4 unspecified atom stereocenters. The van der Waals surface area contributed by atoms with Gasteiger partial charge in [0, 0.05) is 11.0 Å². The summed E-state index contributed by atoms with van der Waals surface area (Å²) in [6.07, 6.45) is 3.97. The minimum absolute atomic E-state index is 0.628. The lowest BCUT2D eigenvalue weighted by molar-refractivity contribution is 0.242. The Labute approximate surface area is 98.6 Å². The van der Waals surface area contributed by atoms with Gasteiger partial charge in [-0.15, -0.1) is 0 Å². The van der Waals surface area contributed by atoms with Gasteiger partial charge in [-0.1, -0.05) is 50.2 Å². The van der Waals surface area contributed by atoms with E-state index in [0.717, 1.165) is 17.8 Å². The molecule has 0 nitrogen and oxygen atoms in total. The van der Waals surface area contributed by atoms with Crippen molar-refractivity contribution >= 4 is 28.4 Å². The first-order valence-electron chi connectivity index (χ1n) is 5.59. The third-order valence-electron chi connectivity index (χ3n) is 3.58. The molecular weight excluding hydrogens is 231 g/mol. The Morgan fingerprint density at radius 1 is 1.36 bits per heavy atom. The van der Waals surface area contributed by atoms with Crippen LogP contribution >= 0.6 is 16.6 Å². The van der Waals surface area contributed by atoms with Crippen LogP contribution < -0.4 is 0 Å². The Bertz CT molecular complexity index is 233. The Morgan fingerprint density at radius 3 is 2.36 bits per heavy atom. The molecule has 0 saturated heterocycles. The van der Waals surface area contributed by atoms with E-state index in [1.54, 1.807) is 0 Å². The van der Waals surface area contributed by atoms with Gasteiger partial charge in [-0.25, -0.2) is 0 Å². The first-order chi connectivity index (χ1) is 6.32. The van der Waals surface area contributed by atoms with Crippen molar-refractivity contribution < 1.29 is 0 Å². The molecular formula is C11H22ClPS. The Morgan fingerprint density at radius 2 is 1.93 bits per heavy atom. The zero-order valence-electron chi connectivity index (χ0n) is 9.66. The van der Waals surface area contributed by atoms with Gasteiger partial charge in [0.25, 0.3) is 0 Å². The zero-order valence-corrected chi connectivity index (χ0v) is 12.1. The smallest absolute Gasteiger partial charge is 0.0391 e. The highest BCUT2D eigenvalue weighted by Gasteiger charge is 2.36. The Kier molecular flexibility index (Phi) is 4.51. The van der Waals surface area contributed by atoms with Crippen LogP contribution in [-0.2, 0) is 11.8 Å². The first kappa shape index (κ1) is 13.0. The van der Waals surface area contributed by atoms with Gasteiger partial charge in [0.05, 0.1) is 0 Å². The van der Waals surface area contributed by atoms with E-state index in [4.69, 9.17) is 23.0 Å². The van der Waals surface area contributed by atoms with Gasteiger partial charge in [0.2, 0.25) is 0 Å². The molecule has 84 valence electrons. The van der Waals surface area contributed by atoms with E-state index in [1.165, 1.54) is 19.3 Å². The van der Waals surface area contributed by atoms with E-state index >= 15 is 0 Å². The summed E-state index contributed by atoms with van der Waals surface area (Å²) < 4.78 is 0. The molecule has 14 heavy (non-hydrogen) atoms. The Balaban J connectivity index is 2.79. The number of rotatable bonds is 2. The van der Waals surface area contributed by atoms with Gasteiger partial charge in [-0.3, -0.25) is 0 Å². The fraction of sp³-hybridized carbons (Fsp3) is 1.00. The largest absolute Gasteiger partial charge is 0.0856 e. The lowest BCUT2D eigenvalue weighted by Crippen LogP contribution is -2.30. The van der Waals surface area contributed by atoms with Crippen molar-refractivity contribution in [2.45, 2.75) is 45.7 Å². The topological polar surface area (TPSA) is 0 Å². The maximum absolute atomic E-state index is 6.44. The lowest BCUT2D eigenvalue weighted by atomic mass is 9.77. The summed E-state index contributed by atoms with van der Waals surface area (Å²) >= 11 is 12.0. The third kappa shape index (κ3) is 3.22. The molecule has 0 spiro atoms. The predicted molar refractivity (Wildman–Crippen MR) is 71.2 cm³/mol. The van der Waals surface area contributed by atoms with E-state index in [9.17, 15) is 0 Å². The zero-order chi connectivity index (χ0) is 10.9. The first-order valence-corrected chi connectivity index (χ1v) is 9.81. The summed E-state index contributed by atoms with van der Waals surface area (Å²) in [5, 5.41) is -1.58. The van der Waals surface area contributed by atoms with E-state index in [-0.39, 0.29) is 0 Å². The van der Waals surface area contributed by atoms with Crippen LogP contribution in [0.4, 0.5) is 0 Å². The van der Waals surface area contributed by atoms with Gasteiger partial charge < -0.3 is 0 Å². The van der Waals surface area contributed by atoms with Gasteiger partial charge in [-0.2, -0.15) is 0 Å². The fourth-order valence-electron chi connectivity index (χ4n) is 2.68. The normalized spacial score (nSPS) is 38.3. The highest BCUT2D eigenvalue weighted by molar-refractivity contribution is 8.27. The molecule has 0 aromatic rings. The van der Waals surface area contributed by atoms with Crippen LogP contribution in [0.1, 0.15) is 40.0 Å². The third-order valence-corrected chi connectivity index (χ3v) is 6.92. The van der Waals surface area contributed by atoms with E-state index in [2.05, 4.69) is 27.4 Å². The van der Waals surface area contributed by atoms with Crippen LogP contribution in [0.5, 0.6) is 0 Å². The molecule has 0 aromatic carbocycles. The van der Waals surface area contributed by atoms with Gasteiger partial charge in [-0.05, 0) is 37.3 Å². The molecule has 0 radical (unpaired) electrons. The van der Waals surface area contributed by atoms with Gasteiger partial charge in [0.15, 0.2) is 0 Å². The van der Waals surface area contributed by atoms with Gasteiger partial charge >= 0.3 is 0 Å². The number of hydrogen-bond donors (Lipinski definition) is 0. The SMILES string of the molecule is CC1CCC(C(C)C)C(P(C)(=S)Cl)C1. The molecule has 0 aliphatic heterocycles. The molecule has 1 aliphatic rings. The molecule has 1 rings (SSSR count). The van der Waals surface area contributed by atoms with Crippen LogP contribution in [0.3, 0.4) is 0 Å². The van der Waals surface area contributed by atoms with Gasteiger partial charge in [0.1, 0.15) is 0 Å². The molecule has 1 saturated carbocycles. The molecule has 0 N–H and O–H groups in total. The van der Waals surface area contributed by atoms with Crippen LogP contribution in [-0.4, -0.2) is 12.3 Å². The molecule has 0 aromatic heterocycles. The summed E-state index contributed by atoms with van der Waals surface area (Å²) in [6, 6.07) is 0. The average Bonchev–Trinajstić information content (AvgIpc) is 2.01. The van der Waals surface area contributed by atoms with Crippen LogP contribution in [0.2, 0.25) is 0 Å². The summed E-state index contributed by atoms with van der Waals surface area (Å²) in [4.78, 5) is 0. The molecule has 0 heterocycles. The molecule has 1 fully saturated rings. The van der Waals surface area contributed by atoms with E-state index < -0.39 is 5.39 Å². The summed E-state index contributed by atoms with van der Waals surface area (Å²) in [7, 11) is 0. The fourth-order valence-corrected chi connectivity index (χ4v) is 6.00. The summed E-state index contributed by atoms with van der Waals surface area (Å²) in [6.45, 7) is 9.08. The van der Waals surface area contributed by atoms with Crippen LogP contribution in [0.15, 0.2) is 0 Å². The second kappa shape index (κ2) is 4.85. The monoisotopic (exact) mass is 252 g/mol. The van der Waals surface area contributed by atoms with Crippen molar-refractivity contribution in [2.24, 2.45) is 17.8 Å². The molecule has 3 heteroatoms. The average molecular weight is 253 g/mol. The quantitative estimate of drug-likeness (QED) is 0.642. The predicted octanol–water partition coefficient (Wildman–Crippen LogP) is 4.71. The highest BCUT2D eigenvalue weighted by Crippen LogP contribution is 2.60.